The van der Waals surface area contributed by atoms with Crippen LogP contribution in [0.15, 0.2) is 91.0 Å². The van der Waals surface area contributed by atoms with Crippen LogP contribution in [0.3, 0.4) is 0 Å². The van der Waals surface area contributed by atoms with E-state index in [9.17, 15) is 4.79 Å². The van der Waals surface area contributed by atoms with Gasteiger partial charge in [0.15, 0.2) is 0 Å². The summed E-state index contributed by atoms with van der Waals surface area (Å²) in [5, 5.41) is 3.09. The summed E-state index contributed by atoms with van der Waals surface area (Å²) < 4.78 is 5.30. The molecule has 0 saturated heterocycles. The fourth-order valence-electron chi connectivity index (χ4n) is 3.78. The highest BCUT2D eigenvalue weighted by Crippen LogP contribution is 2.26. The molecule has 0 radical (unpaired) electrons. The molecule has 0 aliphatic heterocycles. The maximum absolute atomic E-state index is 13.2. The van der Waals surface area contributed by atoms with E-state index >= 15 is 0 Å². The van der Waals surface area contributed by atoms with E-state index in [4.69, 9.17) is 4.74 Å². The molecule has 0 fully saturated rings. The van der Waals surface area contributed by atoms with E-state index in [1.807, 2.05) is 65.6 Å². The Balaban J connectivity index is 1.92. The van der Waals surface area contributed by atoms with Crippen molar-refractivity contribution in [1.82, 2.24) is 10.2 Å². The topological polar surface area (TPSA) is 41.6 Å². The second kappa shape index (κ2) is 12.5. The van der Waals surface area contributed by atoms with E-state index < -0.39 is 0 Å². The Morgan fingerprint density at radius 2 is 1.52 bits per heavy atom. The molecule has 2 amide bonds. The highest BCUT2D eigenvalue weighted by Gasteiger charge is 2.21. The molecular weight excluding hydrogens is 408 g/mol. The first-order valence-electron chi connectivity index (χ1n) is 11.6. The van der Waals surface area contributed by atoms with Crippen LogP contribution in [0.5, 0.6) is 5.75 Å². The highest BCUT2D eigenvalue weighted by molar-refractivity contribution is 5.81. The normalized spacial score (nSPS) is 11.4. The minimum Gasteiger partial charge on any atom is -0.497 e. The molecule has 33 heavy (non-hydrogen) atoms. The van der Waals surface area contributed by atoms with E-state index in [1.165, 1.54) is 0 Å². The van der Waals surface area contributed by atoms with Gasteiger partial charge in [0.05, 0.1) is 13.2 Å². The van der Waals surface area contributed by atoms with Gasteiger partial charge in [0, 0.05) is 13.1 Å². The zero-order valence-corrected chi connectivity index (χ0v) is 19.8. The van der Waals surface area contributed by atoms with E-state index in [2.05, 4.69) is 49.5 Å². The molecule has 0 heterocycles. The minimum atomic E-state index is -0.0958. The fourth-order valence-corrected chi connectivity index (χ4v) is 3.78. The Bertz CT molecular complexity index is 973. The van der Waals surface area contributed by atoms with Gasteiger partial charge in [0.25, 0.3) is 0 Å². The summed E-state index contributed by atoms with van der Waals surface area (Å²) in [6, 6.07) is 28.4. The molecular formula is C29H34N2O2. The van der Waals surface area contributed by atoms with Crippen molar-refractivity contribution in [2.24, 2.45) is 0 Å². The average Bonchev–Trinajstić information content (AvgIpc) is 2.87. The van der Waals surface area contributed by atoms with Crippen LogP contribution >= 0.6 is 0 Å². The molecule has 0 unspecified atom stereocenters. The predicted octanol–water partition coefficient (Wildman–Crippen LogP) is 6.70. The van der Waals surface area contributed by atoms with Crippen molar-refractivity contribution in [2.45, 2.75) is 32.7 Å². The average molecular weight is 443 g/mol. The monoisotopic (exact) mass is 442 g/mol. The summed E-state index contributed by atoms with van der Waals surface area (Å²) in [7, 11) is 1.66. The lowest BCUT2D eigenvalue weighted by Crippen LogP contribution is -2.42. The smallest absolute Gasteiger partial charge is 0.318 e. The molecule has 0 saturated carbocycles. The van der Waals surface area contributed by atoms with Gasteiger partial charge in [-0.3, -0.25) is 0 Å². The van der Waals surface area contributed by atoms with Gasteiger partial charge in [-0.1, -0.05) is 92.2 Å². The van der Waals surface area contributed by atoms with Crippen LogP contribution in [-0.2, 0) is 0 Å². The third-order valence-corrected chi connectivity index (χ3v) is 5.79. The molecule has 1 atom stereocenters. The summed E-state index contributed by atoms with van der Waals surface area (Å²) in [6.45, 7) is 5.36. The number of methoxy groups -OCH3 is 1. The summed E-state index contributed by atoms with van der Waals surface area (Å²) in [6.07, 6.45) is 4.16. The largest absolute Gasteiger partial charge is 0.497 e. The van der Waals surface area contributed by atoms with Crippen LogP contribution < -0.4 is 10.1 Å². The van der Waals surface area contributed by atoms with Crippen LogP contribution in [-0.4, -0.2) is 31.1 Å². The van der Waals surface area contributed by atoms with Gasteiger partial charge >= 0.3 is 6.03 Å². The zero-order chi connectivity index (χ0) is 23.5. The van der Waals surface area contributed by atoms with E-state index in [-0.39, 0.29) is 12.1 Å². The maximum Gasteiger partial charge on any atom is 0.318 e. The Morgan fingerprint density at radius 3 is 2.03 bits per heavy atom. The summed E-state index contributed by atoms with van der Waals surface area (Å²) in [5.41, 5.74) is 4.44. The number of nitrogens with one attached hydrogen (secondary N) is 1. The molecule has 0 bridgehead atoms. The first-order valence-corrected chi connectivity index (χ1v) is 11.6. The van der Waals surface area contributed by atoms with Crippen molar-refractivity contribution in [3.63, 3.8) is 0 Å². The molecule has 172 valence electrons. The van der Waals surface area contributed by atoms with Crippen LogP contribution in [0.25, 0.3) is 5.57 Å². The lowest BCUT2D eigenvalue weighted by molar-refractivity contribution is 0.186. The number of carbonyl (C=O) groups excluding carboxylic acids is 1. The van der Waals surface area contributed by atoms with E-state index in [0.29, 0.717) is 13.1 Å². The third-order valence-electron chi connectivity index (χ3n) is 5.79. The Labute approximate surface area is 197 Å². The fraction of sp³-hybridized carbons (Fsp3) is 0.276. The van der Waals surface area contributed by atoms with E-state index in [0.717, 1.165) is 40.9 Å². The second-order valence-corrected chi connectivity index (χ2v) is 8.04. The van der Waals surface area contributed by atoms with Crippen molar-refractivity contribution in [3.05, 3.63) is 108 Å². The van der Waals surface area contributed by atoms with Crippen LogP contribution in [0.2, 0.25) is 0 Å². The number of amides is 2. The summed E-state index contributed by atoms with van der Waals surface area (Å²) in [5.74, 6) is 0.806. The lowest BCUT2D eigenvalue weighted by atomic mass is 9.97. The molecule has 4 nitrogen and oxygen atoms in total. The number of carbonyl (C=O) groups is 1. The van der Waals surface area contributed by atoms with Crippen molar-refractivity contribution in [1.29, 1.82) is 0 Å². The number of unbranched alkanes of at least 4 members (excludes halogenated alkanes) is 1. The second-order valence-electron chi connectivity index (χ2n) is 8.04. The minimum absolute atomic E-state index is 0.0523. The lowest BCUT2D eigenvalue weighted by Gasteiger charge is -2.29. The van der Waals surface area contributed by atoms with Gasteiger partial charge in [-0.2, -0.15) is 0 Å². The first-order chi connectivity index (χ1) is 16.1. The Kier molecular flexibility index (Phi) is 9.13. The van der Waals surface area contributed by atoms with Gasteiger partial charge in [-0.25, -0.2) is 4.79 Å². The molecule has 0 aliphatic rings. The number of nitrogens with zero attached hydrogens (tertiary/aromatic N) is 1. The molecule has 3 aromatic rings. The van der Waals surface area contributed by atoms with Gasteiger partial charge in [-0.05, 0) is 47.7 Å². The zero-order valence-electron chi connectivity index (χ0n) is 19.8. The van der Waals surface area contributed by atoms with Crippen LogP contribution in [0.4, 0.5) is 4.79 Å². The molecule has 4 heteroatoms. The van der Waals surface area contributed by atoms with Crippen LogP contribution in [0.1, 0.15) is 49.4 Å². The van der Waals surface area contributed by atoms with E-state index in [1.54, 1.807) is 7.11 Å². The number of benzene rings is 3. The molecule has 1 N–H and O–H groups in total. The highest BCUT2D eigenvalue weighted by atomic mass is 16.5. The van der Waals surface area contributed by atoms with Gasteiger partial charge in [-0.15, -0.1) is 0 Å². The van der Waals surface area contributed by atoms with Crippen molar-refractivity contribution in [3.8, 4) is 5.75 Å². The maximum atomic E-state index is 13.2. The third kappa shape index (κ3) is 6.72. The standard InChI is InChI=1S/C29H34N2O2/c1-4-5-21-30-29(32)31(23(2)24-16-18-27(33-3)19-17-24)22-20-28(25-12-8-6-9-13-25)26-14-10-7-11-15-26/h6-20,23H,4-5,21-22H2,1-3H3,(H,30,32)/t23-/m1/s1. The van der Waals surface area contributed by atoms with Gasteiger partial charge in [0.1, 0.15) is 5.75 Å². The van der Waals surface area contributed by atoms with Crippen molar-refractivity contribution in [2.75, 3.05) is 20.2 Å². The number of hydrogen-bond donors (Lipinski definition) is 1. The number of ether oxygens (including phenoxy) is 1. The predicted molar refractivity (Wildman–Crippen MR) is 136 cm³/mol. The van der Waals surface area contributed by atoms with Gasteiger partial charge in [0.2, 0.25) is 0 Å². The molecule has 0 aliphatic carbocycles. The van der Waals surface area contributed by atoms with Gasteiger partial charge < -0.3 is 15.0 Å². The van der Waals surface area contributed by atoms with Crippen LogP contribution in [0, 0.1) is 0 Å². The number of urea groups is 1. The number of hydrogen-bond acceptors (Lipinski definition) is 2. The SMILES string of the molecule is CCCCNC(=O)N(CC=C(c1ccccc1)c1ccccc1)[C@H](C)c1ccc(OC)cc1. The molecule has 0 aromatic heterocycles. The van der Waals surface area contributed by atoms with Crippen molar-refractivity contribution < 1.29 is 9.53 Å². The first kappa shape index (κ1) is 24.1. The summed E-state index contributed by atoms with van der Waals surface area (Å²) in [4.78, 5) is 15.1. The number of rotatable bonds is 10. The Morgan fingerprint density at radius 1 is 0.939 bits per heavy atom. The summed E-state index contributed by atoms with van der Waals surface area (Å²) >= 11 is 0. The Hall–Kier alpha value is -3.53. The molecule has 3 rings (SSSR count). The van der Waals surface area contributed by atoms with Crippen molar-refractivity contribution >= 4 is 11.6 Å². The molecule has 3 aromatic carbocycles. The quantitative estimate of drug-likeness (QED) is 0.355. The molecule has 0 spiro atoms.